The van der Waals surface area contributed by atoms with E-state index in [1.807, 2.05) is 0 Å². The number of halogens is 1. The van der Waals surface area contributed by atoms with Gasteiger partial charge in [-0.15, -0.1) is 0 Å². The number of amides is 2. The maximum absolute atomic E-state index is 12.8. The Labute approximate surface area is 137 Å². The Hall–Kier alpha value is -2.96. The Balaban J connectivity index is 1.61. The summed E-state index contributed by atoms with van der Waals surface area (Å²) < 4.78 is 18.4. The second-order valence-electron chi connectivity index (χ2n) is 5.63. The molecule has 1 saturated carbocycles. The minimum atomic E-state index is -0.874. The highest BCUT2D eigenvalue weighted by atomic mass is 19.1. The number of hydrogen-bond acceptors (Lipinski definition) is 4. The van der Waals surface area contributed by atoms with Crippen molar-refractivity contribution in [1.82, 2.24) is 4.98 Å². The first-order valence-corrected chi connectivity index (χ1v) is 7.50. The number of nitrogens with one attached hydrogen (secondary N) is 1. The summed E-state index contributed by atoms with van der Waals surface area (Å²) in [6, 6.07) is 9.70. The topological polar surface area (TPSA) is 94.3 Å². The van der Waals surface area contributed by atoms with Crippen LogP contribution in [-0.2, 0) is 4.79 Å². The van der Waals surface area contributed by atoms with Gasteiger partial charge in [-0.2, -0.15) is 0 Å². The summed E-state index contributed by atoms with van der Waals surface area (Å²) >= 11 is 0. The Bertz CT molecular complexity index is 758. The van der Waals surface area contributed by atoms with E-state index in [1.54, 1.807) is 30.3 Å². The van der Waals surface area contributed by atoms with Gasteiger partial charge in [0.25, 0.3) is 0 Å². The fourth-order valence-electron chi connectivity index (χ4n) is 2.35. The smallest absolute Gasteiger partial charge is 0.248 e. The van der Waals surface area contributed by atoms with E-state index in [2.05, 4.69) is 10.3 Å². The van der Waals surface area contributed by atoms with Crippen LogP contribution in [0.3, 0.4) is 0 Å². The average molecular weight is 329 g/mol. The second-order valence-corrected chi connectivity index (χ2v) is 5.63. The molecule has 1 aliphatic carbocycles. The third-order valence-corrected chi connectivity index (χ3v) is 3.79. The van der Waals surface area contributed by atoms with Crippen LogP contribution < -0.4 is 15.8 Å². The van der Waals surface area contributed by atoms with Gasteiger partial charge in [-0.3, -0.25) is 9.59 Å². The summed E-state index contributed by atoms with van der Waals surface area (Å²) in [5.74, 6) is 0.229. The fourth-order valence-corrected chi connectivity index (χ4v) is 2.35. The average Bonchev–Trinajstić information content (AvgIpc) is 2.54. The Morgan fingerprint density at radius 1 is 1.21 bits per heavy atom. The molecule has 2 aromatic rings. The third kappa shape index (κ3) is 3.68. The van der Waals surface area contributed by atoms with Crippen molar-refractivity contribution in [2.75, 3.05) is 5.32 Å². The number of ether oxygens (including phenoxy) is 1. The van der Waals surface area contributed by atoms with Crippen molar-refractivity contribution in [3.05, 3.63) is 48.2 Å². The van der Waals surface area contributed by atoms with Gasteiger partial charge >= 0.3 is 0 Å². The van der Waals surface area contributed by atoms with E-state index in [4.69, 9.17) is 10.5 Å². The van der Waals surface area contributed by atoms with Crippen LogP contribution in [0, 0.1) is 5.92 Å². The number of carbonyl (C=O) groups is 2. The number of rotatable bonds is 5. The third-order valence-electron chi connectivity index (χ3n) is 3.79. The van der Waals surface area contributed by atoms with E-state index in [0.29, 0.717) is 22.9 Å². The molecule has 0 spiro atoms. The Morgan fingerprint density at radius 3 is 2.62 bits per heavy atom. The van der Waals surface area contributed by atoms with E-state index in [-0.39, 0.29) is 24.7 Å². The lowest BCUT2D eigenvalue weighted by molar-refractivity contribution is -0.124. The molecule has 124 valence electrons. The van der Waals surface area contributed by atoms with Crippen LogP contribution in [0.1, 0.15) is 23.2 Å². The number of nitrogens with zero attached hydrogens (tertiary/aromatic N) is 1. The van der Waals surface area contributed by atoms with Crippen molar-refractivity contribution in [3.8, 4) is 11.5 Å². The zero-order valence-electron chi connectivity index (χ0n) is 12.7. The van der Waals surface area contributed by atoms with E-state index < -0.39 is 12.1 Å². The SMILES string of the molecule is NC(=O)c1cccc(Oc2ccc(NC(=O)C3CC(F)C3)nc2)c1. The fraction of sp³-hybridized carbons (Fsp3) is 0.235. The normalized spacial score (nSPS) is 19.2. The first-order chi connectivity index (χ1) is 11.5. The van der Waals surface area contributed by atoms with Crippen LogP contribution in [-0.4, -0.2) is 23.0 Å². The molecule has 1 fully saturated rings. The number of anilines is 1. The number of benzene rings is 1. The number of alkyl halides is 1. The monoisotopic (exact) mass is 329 g/mol. The van der Waals surface area contributed by atoms with Gasteiger partial charge in [0.2, 0.25) is 11.8 Å². The Kier molecular flexibility index (Phi) is 4.41. The highest BCUT2D eigenvalue weighted by Gasteiger charge is 2.34. The summed E-state index contributed by atoms with van der Waals surface area (Å²) in [6.07, 6.45) is 1.11. The molecule has 1 aromatic carbocycles. The number of pyridine rings is 1. The summed E-state index contributed by atoms with van der Waals surface area (Å²) in [5.41, 5.74) is 5.56. The van der Waals surface area contributed by atoms with E-state index >= 15 is 0 Å². The van der Waals surface area contributed by atoms with Gasteiger partial charge < -0.3 is 15.8 Å². The maximum atomic E-state index is 12.8. The maximum Gasteiger partial charge on any atom is 0.248 e. The minimum Gasteiger partial charge on any atom is -0.456 e. The number of carbonyl (C=O) groups excluding carboxylic acids is 2. The molecule has 1 aromatic heterocycles. The van der Waals surface area contributed by atoms with Gasteiger partial charge in [0.1, 0.15) is 23.5 Å². The number of aromatic nitrogens is 1. The molecule has 6 nitrogen and oxygen atoms in total. The van der Waals surface area contributed by atoms with E-state index in [1.165, 1.54) is 12.3 Å². The molecule has 3 rings (SSSR count). The largest absolute Gasteiger partial charge is 0.456 e. The summed E-state index contributed by atoms with van der Waals surface area (Å²) in [4.78, 5) is 27.1. The standard InChI is InChI=1S/C17H16FN3O3/c18-12-6-11(7-12)17(23)21-15-5-4-14(9-20-15)24-13-3-1-2-10(8-13)16(19)22/h1-5,8-9,11-12H,6-7H2,(H2,19,22)(H,20,21,23). The highest BCUT2D eigenvalue weighted by molar-refractivity contribution is 5.93. The van der Waals surface area contributed by atoms with Crippen molar-refractivity contribution in [3.63, 3.8) is 0 Å². The van der Waals surface area contributed by atoms with Crippen LogP contribution in [0.4, 0.5) is 10.2 Å². The van der Waals surface area contributed by atoms with E-state index in [0.717, 1.165) is 0 Å². The zero-order chi connectivity index (χ0) is 17.1. The van der Waals surface area contributed by atoms with Crippen molar-refractivity contribution < 1.29 is 18.7 Å². The molecule has 0 bridgehead atoms. The second kappa shape index (κ2) is 6.66. The highest BCUT2D eigenvalue weighted by Crippen LogP contribution is 2.31. The molecule has 2 amide bonds. The molecule has 0 saturated heterocycles. The molecule has 1 aliphatic rings. The van der Waals surface area contributed by atoms with Crippen LogP contribution in [0.15, 0.2) is 42.6 Å². The zero-order valence-corrected chi connectivity index (χ0v) is 12.7. The lowest BCUT2D eigenvalue weighted by atomic mass is 9.83. The number of primary amides is 1. The Morgan fingerprint density at radius 2 is 2.00 bits per heavy atom. The predicted molar refractivity (Wildman–Crippen MR) is 85.5 cm³/mol. The van der Waals surface area contributed by atoms with Crippen molar-refractivity contribution >= 4 is 17.6 Å². The number of hydrogen-bond donors (Lipinski definition) is 2. The van der Waals surface area contributed by atoms with Crippen molar-refractivity contribution in [2.45, 2.75) is 19.0 Å². The summed E-state index contributed by atoms with van der Waals surface area (Å²) in [7, 11) is 0. The van der Waals surface area contributed by atoms with E-state index in [9.17, 15) is 14.0 Å². The van der Waals surface area contributed by atoms with Gasteiger partial charge in [-0.05, 0) is 43.2 Å². The molecular weight excluding hydrogens is 313 g/mol. The quantitative estimate of drug-likeness (QED) is 0.881. The summed E-state index contributed by atoms with van der Waals surface area (Å²) in [6.45, 7) is 0. The molecule has 0 unspecified atom stereocenters. The van der Waals surface area contributed by atoms with Gasteiger partial charge in [-0.1, -0.05) is 6.07 Å². The predicted octanol–water partition coefficient (Wildman–Crippen LogP) is 2.66. The molecule has 3 N–H and O–H groups in total. The van der Waals surface area contributed by atoms with Gasteiger partial charge in [-0.25, -0.2) is 9.37 Å². The molecule has 0 atom stereocenters. The van der Waals surface area contributed by atoms with Gasteiger partial charge in [0.05, 0.1) is 6.20 Å². The molecule has 7 heteroatoms. The first-order valence-electron chi connectivity index (χ1n) is 7.50. The van der Waals surface area contributed by atoms with Crippen LogP contribution in [0.5, 0.6) is 11.5 Å². The lowest BCUT2D eigenvalue weighted by Crippen LogP contribution is -2.35. The molecule has 24 heavy (non-hydrogen) atoms. The van der Waals surface area contributed by atoms with Crippen LogP contribution in [0.2, 0.25) is 0 Å². The first kappa shape index (κ1) is 15.9. The summed E-state index contributed by atoms with van der Waals surface area (Å²) in [5, 5.41) is 2.65. The molecule has 0 aliphatic heterocycles. The lowest BCUT2D eigenvalue weighted by Gasteiger charge is -2.27. The molecular formula is C17H16FN3O3. The van der Waals surface area contributed by atoms with Crippen LogP contribution >= 0.6 is 0 Å². The van der Waals surface area contributed by atoms with Gasteiger partial charge in [0, 0.05) is 11.5 Å². The van der Waals surface area contributed by atoms with Crippen LogP contribution in [0.25, 0.3) is 0 Å². The van der Waals surface area contributed by atoms with Crippen molar-refractivity contribution in [1.29, 1.82) is 0 Å². The van der Waals surface area contributed by atoms with Crippen molar-refractivity contribution in [2.24, 2.45) is 11.7 Å². The van der Waals surface area contributed by atoms with Gasteiger partial charge in [0.15, 0.2) is 0 Å². The molecule has 0 radical (unpaired) electrons. The number of nitrogens with two attached hydrogens (primary N) is 1. The molecule has 1 heterocycles. The minimum absolute atomic E-state index is 0.223.